The largest absolute Gasteiger partial charge is 0.378 e. The van der Waals surface area contributed by atoms with Gasteiger partial charge in [0, 0.05) is 31.0 Å². The van der Waals surface area contributed by atoms with E-state index in [9.17, 15) is 0 Å². The molecular weight excluding hydrogens is 369 g/mol. The molecule has 0 aromatic heterocycles. The summed E-state index contributed by atoms with van der Waals surface area (Å²) in [6.07, 6.45) is 2.74. The molecule has 0 spiro atoms. The molecule has 3 rings (SSSR count). The highest BCUT2D eigenvalue weighted by atomic mass is 127. The number of guanidine groups is 1. The molecule has 3 fully saturated rings. The number of nitrogens with zero attached hydrogens (tertiary/aromatic N) is 2. The van der Waals surface area contributed by atoms with Crippen LogP contribution in [0.3, 0.4) is 0 Å². The van der Waals surface area contributed by atoms with Gasteiger partial charge in [0.15, 0.2) is 5.96 Å². The second-order valence-corrected chi connectivity index (χ2v) is 6.45. The van der Waals surface area contributed by atoms with E-state index in [4.69, 9.17) is 20.2 Å². The lowest BCUT2D eigenvalue weighted by atomic mass is 9.55. The molecule has 5 nitrogen and oxygen atoms in total. The van der Waals surface area contributed by atoms with E-state index in [1.807, 2.05) is 0 Å². The van der Waals surface area contributed by atoms with Crippen molar-refractivity contribution in [1.29, 1.82) is 0 Å². The van der Waals surface area contributed by atoms with E-state index < -0.39 is 0 Å². The maximum atomic E-state index is 6.18. The van der Waals surface area contributed by atoms with Crippen molar-refractivity contribution in [3.05, 3.63) is 0 Å². The number of hydrogen-bond donors (Lipinski definition) is 1. The quantitative estimate of drug-likeness (QED) is 0.415. The number of morpholine rings is 1. The van der Waals surface area contributed by atoms with Crippen LogP contribution in [-0.2, 0) is 9.47 Å². The van der Waals surface area contributed by atoms with Gasteiger partial charge < -0.3 is 20.1 Å². The van der Waals surface area contributed by atoms with E-state index in [2.05, 4.69) is 18.7 Å². The molecule has 0 amide bonds. The number of aliphatic imine (C=N–C) groups is 1. The maximum absolute atomic E-state index is 6.18. The van der Waals surface area contributed by atoms with Crippen molar-refractivity contribution in [1.82, 2.24) is 4.90 Å². The van der Waals surface area contributed by atoms with Crippen LogP contribution in [0.1, 0.15) is 26.7 Å². The molecule has 0 radical (unpaired) electrons. The first-order valence-electron chi connectivity index (χ1n) is 7.38. The molecule has 3 atom stereocenters. The Kier molecular flexibility index (Phi) is 5.18. The van der Waals surface area contributed by atoms with Crippen molar-refractivity contribution < 1.29 is 9.47 Å². The number of fused-ring (bicyclic) bond motifs is 1. The van der Waals surface area contributed by atoms with E-state index in [1.54, 1.807) is 0 Å². The SMILES string of the molecule is CC1(C)C(N=C(N)N2CCOCC2)C2CCCOC21.I. The lowest BCUT2D eigenvalue weighted by molar-refractivity contribution is -0.182. The summed E-state index contributed by atoms with van der Waals surface area (Å²) in [6, 6.07) is 0.306. The minimum atomic E-state index is 0. The summed E-state index contributed by atoms with van der Waals surface area (Å²) in [6.45, 7) is 8.61. The van der Waals surface area contributed by atoms with Crippen LogP contribution in [0.5, 0.6) is 0 Å². The van der Waals surface area contributed by atoms with Gasteiger partial charge in [-0.05, 0) is 12.8 Å². The highest BCUT2D eigenvalue weighted by Crippen LogP contribution is 2.53. The molecule has 1 saturated carbocycles. The molecule has 6 heteroatoms. The first-order chi connectivity index (χ1) is 9.10. The average Bonchev–Trinajstić information content (AvgIpc) is 2.45. The van der Waals surface area contributed by atoms with Crippen LogP contribution in [0.25, 0.3) is 0 Å². The Hall–Kier alpha value is -0.0800. The highest BCUT2D eigenvalue weighted by molar-refractivity contribution is 14.0. The number of halogens is 1. The second-order valence-electron chi connectivity index (χ2n) is 6.45. The summed E-state index contributed by atoms with van der Waals surface area (Å²) < 4.78 is 11.3. The van der Waals surface area contributed by atoms with Crippen molar-refractivity contribution in [2.24, 2.45) is 22.1 Å². The molecule has 2 saturated heterocycles. The van der Waals surface area contributed by atoms with Crippen molar-refractivity contribution in [2.75, 3.05) is 32.9 Å². The predicted octanol–water partition coefficient (Wildman–Crippen LogP) is 1.45. The molecule has 0 bridgehead atoms. The Morgan fingerprint density at radius 3 is 2.65 bits per heavy atom. The van der Waals surface area contributed by atoms with Gasteiger partial charge in [-0.25, -0.2) is 4.99 Å². The first kappa shape index (κ1) is 16.3. The summed E-state index contributed by atoms with van der Waals surface area (Å²) in [5.74, 6) is 1.24. The average molecular weight is 395 g/mol. The Morgan fingerprint density at radius 2 is 1.95 bits per heavy atom. The molecular formula is C14H26IN3O2. The number of nitrogens with two attached hydrogens (primary N) is 1. The summed E-state index contributed by atoms with van der Waals surface area (Å²) >= 11 is 0. The van der Waals surface area contributed by atoms with E-state index >= 15 is 0 Å². The molecule has 20 heavy (non-hydrogen) atoms. The Balaban J connectivity index is 0.00000147. The Morgan fingerprint density at radius 1 is 1.25 bits per heavy atom. The van der Waals surface area contributed by atoms with Gasteiger partial charge in [-0.1, -0.05) is 13.8 Å². The lowest BCUT2D eigenvalue weighted by Crippen LogP contribution is -2.64. The topological polar surface area (TPSA) is 60.1 Å². The van der Waals surface area contributed by atoms with Crippen LogP contribution in [0.15, 0.2) is 4.99 Å². The molecule has 2 aliphatic heterocycles. The van der Waals surface area contributed by atoms with E-state index in [-0.39, 0.29) is 29.4 Å². The minimum absolute atomic E-state index is 0. The van der Waals surface area contributed by atoms with Crippen LogP contribution < -0.4 is 5.73 Å². The number of hydrogen-bond acceptors (Lipinski definition) is 3. The molecule has 2 heterocycles. The van der Waals surface area contributed by atoms with Gasteiger partial charge in [0.2, 0.25) is 0 Å². The molecule has 0 aromatic carbocycles. The van der Waals surface area contributed by atoms with Crippen LogP contribution >= 0.6 is 24.0 Å². The molecule has 3 unspecified atom stereocenters. The lowest BCUT2D eigenvalue weighted by Gasteiger charge is -2.58. The number of rotatable bonds is 1. The Bertz CT molecular complexity index is 369. The zero-order valence-corrected chi connectivity index (χ0v) is 14.7. The van der Waals surface area contributed by atoms with Gasteiger partial charge >= 0.3 is 0 Å². The van der Waals surface area contributed by atoms with Crippen LogP contribution in [0.2, 0.25) is 0 Å². The van der Waals surface area contributed by atoms with Crippen LogP contribution in [-0.4, -0.2) is 55.9 Å². The maximum Gasteiger partial charge on any atom is 0.191 e. The third kappa shape index (κ3) is 2.78. The smallest absolute Gasteiger partial charge is 0.191 e. The van der Waals surface area contributed by atoms with E-state index in [0.717, 1.165) is 39.3 Å². The van der Waals surface area contributed by atoms with Gasteiger partial charge in [-0.2, -0.15) is 0 Å². The van der Waals surface area contributed by atoms with Gasteiger partial charge in [0.05, 0.1) is 25.4 Å². The van der Waals surface area contributed by atoms with Crippen molar-refractivity contribution in [3.63, 3.8) is 0 Å². The molecule has 1 aliphatic carbocycles. The van der Waals surface area contributed by atoms with Gasteiger partial charge in [-0.15, -0.1) is 24.0 Å². The highest BCUT2D eigenvalue weighted by Gasteiger charge is 2.58. The molecule has 3 aliphatic rings. The zero-order valence-electron chi connectivity index (χ0n) is 12.4. The van der Waals surface area contributed by atoms with E-state index in [1.165, 1.54) is 6.42 Å². The minimum Gasteiger partial charge on any atom is -0.378 e. The van der Waals surface area contributed by atoms with Gasteiger partial charge in [-0.3, -0.25) is 0 Å². The van der Waals surface area contributed by atoms with Crippen molar-refractivity contribution in [2.45, 2.75) is 38.8 Å². The number of ether oxygens (including phenoxy) is 2. The Labute approximate surface area is 138 Å². The molecule has 2 N–H and O–H groups in total. The summed E-state index contributed by atoms with van der Waals surface area (Å²) in [5.41, 5.74) is 6.29. The van der Waals surface area contributed by atoms with E-state index in [0.29, 0.717) is 24.0 Å². The fraction of sp³-hybridized carbons (Fsp3) is 0.929. The first-order valence-corrected chi connectivity index (χ1v) is 7.38. The third-order valence-corrected chi connectivity index (χ3v) is 4.88. The third-order valence-electron chi connectivity index (χ3n) is 4.88. The predicted molar refractivity (Wildman–Crippen MR) is 89.5 cm³/mol. The summed E-state index contributed by atoms with van der Waals surface area (Å²) in [4.78, 5) is 6.96. The second kappa shape index (κ2) is 6.36. The fourth-order valence-corrected chi connectivity index (χ4v) is 3.77. The standard InChI is InChI=1S/C14H25N3O2.HI/c1-14(2)11(10-4-3-7-19-12(10)14)16-13(15)17-5-8-18-9-6-17;/h10-12H,3-9H2,1-2H3,(H2,15,16);1H. The van der Waals surface area contributed by atoms with Crippen molar-refractivity contribution in [3.8, 4) is 0 Å². The van der Waals surface area contributed by atoms with Gasteiger partial charge in [0.1, 0.15) is 0 Å². The van der Waals surface area contributed by atoms with Gasteiger partial charge in [0.25, 0.3) is 0 Å². The zero-order chi connectivity index (χ0) is 13.5. The van der Waals surface area contributed by atoms with Crippen LogP contribution in [0.4, 0.5) is 0 Å². The van der Waals surface area contributed by atoms with Crippen LogP contribution in [0, 0.1) is 11.3 Å². The molecule has 116 valence electrons. The summed E-state index contributed by atoms with van der Waals surface area (Å²) in [7, 11) is 0. The normalized spacial score (nSPS) is 36.6. The van der Waals surface area contributed by atoms with Crippen molar-refractivity contribution >= 4 is 29.9 Å². The fourth-order valence-electron chi connectivity index (χ4n) is 3.77. The monoisotopic (exact) mass is 395 g/mol. The molecule has 0 aromatic rings. The summed E-state index contributed by atoms with van der Waals surface area (Å²) in [5, 5.41) is 0.